The Labute approximate surface area is 148 Å². The average molecular weight is 393 g/mol. The predicted octanol–water partition coefficient (Wildman–Crippen LogP) is 3.68. The van der Waals surface area contributed by atoms with E-state index >= 15 is 0 Å². The molecular weight excluding hydrogens is 379 g/mol. The first-order chi connectivity index (χ1) is 11.0. The lowest BCUT2D eigenvalue weighted by molar-refractivity contribution is 0.130. The van der Waals surface area contributed by atoms with Crippen LogP contribution >= 0.6 is 34.5 Å². The Balaban J connectivity index is 1.63. The first-order valence-electron chi connectivity index (χ1n) is 6.99. The number of halogens is 2. The third-order valence-electron chi connectivity index (χ3n) is 3.55. The first-order valence-corrected chi connectivity index (χ1v) is 10.0. The summed E-state index contributed by atoms with van der Waals surface area (Å²) >= 11 is 12.9. The molecule has 0 atom stereocenters. The molecule has 2 aromatic heterocycles. The molecule has 0 radical (unpaired) electrons. The Morgan fingerprint density at radius 3 is 2.57 bits per heavy atom. The number of sulfonamides is 1. The molecule has 0 aliphatic carbocycles. The average Bonchev–Trinajstić information content (AvgIpc) is 2.98. The summed E-state index contributed by atoms with van der Waals surface area (Å²) in [5.41, 5.74) is 0. The van der Waals surface area contributed by atoms with Crippen molar-refractivity contribution in [2.45, 2.75) is 23.2 Å². The number of aromatic nitrogens is 1. The van der Waals surface area contributed by atoms with E-state index in [2.05, 4.69) is 4.98 Å². The highest BCUT2D eigenvalue weighted by Gasteiger charge is 2.31. The second-order valence-corrected chi connectivity index (χ2v) is 9.36. The number of hydrogen-bond acceptors (Lipinski definition) is 5. The molecule has 0 spiro atoms. The third-order valence-corrected chi connectivity index (χ3v) is 7.43. The SMILES string of the molecule is O=S(=O)(c1ccc(Cl)s1)N1CCC(Oc2ncccc2Cl)CC1. The highest BCUT2D eigenvalue weighted by molar-refractivity contribution is 7.91. The molecule has 0 bridgehead atoms. The molecule has 3 heterocycles. The van der Waals surface area contributed by atoms with E-state index in [9.17, 15) is 8.42 Å². The zero-order chi connectivity index (χ0) is 16.4. The predicted molar refractivity (Wildman–Crippen MR) is 91.0 cm³/mol. The van der Waals surface area contributed by atoms with Crippen LogP contribution in [0.3, 0.4) is 0 Å². The van der Waals surface area contributed by atoms with Gasteiger partial charge in [0.2, 0.25) is 5.88 Å². The van der Waals surface area contributed by atoms with Crippen molar-refractivity contribution >= 4 is 44.6 Å². The topological polar surface area (TPSA) is 59.5 Å². The summed E-state index contributed by atoms with van der Waals surface area (Å²) in [4.78, 5) is 4.09. The van der Waals surface area contributed by atoms with E-state index in [1.54, 1.807) is 30.5 Å². The molecule has 124 valence electrons. The van der Waals surface area contributed by atoms with Crippen molar-refractivity contribution in [2.24, 2.45) is 0 Å². The summed E-state index contributed by atoms with van der Waals surface area (Å²) in [6.07, 6.45) is 2.69. The Bertz CT molecular complexity index is 787. The van der Waals surface area contributed by atoms with Crippen molar-refractivity contribution < 1.29 is 13.2 Å². The van der Waals surface area contributed by atoms with Gasteiger partial charge in [-0.25, -0.2) is 13.4 Å². The van der Waals surface area contributed by atoms with Crippen LogP contribution in [0.1, 0.15) is 12.8 Å². The van der Waals surface area contributed by atoms with E-state index in [4.69, 9.17) is 27.9 Å². The molecule has 1 fully saturated rings. The first kappa shape index (κ1) is 17.0. The summed E-state index contributed by atoms with van der Waals surface area (Å²) in [6, 6.07) is 6.58. The number of rotatable bonds is 4. The Morgan fingerprint density at radius 2 is 1.96 bits per heavy atom. The molecule has 0 N–H and O–H groups in total. The molecule has 5 nitrogen and oxygen atoms in total. The van der Waals surface area contributed by atoms with Crippen molar-refractivity contribution in [2.75, 3.05) is 13.1 Å². The Kier molecular flexibility index (Phi) is 5.13. The second kappa shape index (κ2) is 6.94. The quantitative estimate of drug-likeness (QED) is 0.795. The lowest BCUT2D eigenvalue weighted by Crippen LogP contribution is -2.41. The van der Waals surface area contributed by atoms with E-state index < -0.39 is 10.0 Å². The van der Waals surface area contributed by atoms with Crippen molar-refractivity contribution in [3.63, 3.8) is 0 Å². The second-order valence-electron chi connectivity index (χ2n) is 5.07. The summed E-state index contributed by atoms with van der Waals surface area (Å²) < 4.78 is 33.0. The maximum atomic E-state index is 12.5. The van der Waals surface area contributed by atoms with Crippen LogP contribution in [-0.4, -0.2) is 36.9 Å². The molecule has 1 saturated heterocycles. The minimum absolute atomic E-state index is 0.0965. The van der Waals surface area contributed by atoms with Gasteiger partial charge in [-0.1, -0.05) is 23.2 Å². The van der Waals surface area contributed by atoms with Crippen LogP contribution in [0.25, 0.3) is 0 Å². The summed E-state index contributed by atoms with van der Waals surface area (Å²) in [6.45, 7) is 0.792. The van der Waals surface area contributed by atoms with Crippen LogP contribution < -0.4 is 4.74 Å². The molecule has 1 aliphatic rings. The molecule has 1 aliphatic heterocycles. The maximum Gasteiger partial charge on any atom is 0.252 e. The fourth-order valence-electron chi connectivity index (χ4n) is 2.37. The van der Waals surface area contributed by atoms with Gasteiger partial charge in [0.25, 0.3) is 10.0 Å². The zero-order valence-electron chi connectivity index (χ0n) is 12.0. The van der Waals surface area contributed by atoms with Crippen LogP contribution in [-0.2, 0) is 10.0 Å². The lowest BCUT2D eigenvalue weighted by Gasteiger charge is -2.30. The van der Waals surface area contributed by atoms with E-state index in [-0.39, 0.29) is 10.3 Å². The van der Waals surface area contributed by atoms with E-state index in [0.717, 1.165) is 11.3 Å². The molecule has 0 amide bonds. The van der Waals surface area contributed by atoms with Gasteiger partial charge in [-0.15, -0.1) is 11.3 Å². The number of piperidine rings is 1. The van der Waals surface area contributed by atoms with Gasteiger partial charge in [0, 0.05) is 19.3 Å². The van der Waals surface area contributed by atoms with Crippen molar-refractivity contribution in [3.05, 3.63) is 39.8 Å². The van der Waals surface area contributed by atoms with Crippen molar-refractivity contribution in [1.82, 2.24) is 9.29 Å². The minimum Gasteiger partial charge on any atom is -0.473 e. The smallest absolute Gasteiger partial charge is 0.252 e. The maximum absolute atomic E-state index is 12.5. The molecule has 0 aromatic carbocycles. The third kappa shape index (κ3) is 3.80. The molecule has 0 unspecified atom stereocenters. The van der Waals surface area contributed by atoms with E-state index in [1.165, 1.54) is 4.31 Å². The minimum atomic E-state index is -3.48. The normalized spacial score (nSPS) is 17.3. The van der Waals surface area contributed by atoms with Crippen LogP contribution in [0.2, 0.25) is 9.36 Å². The van der Waals surface area contributed by atoms with Crippen LogP contribution in [0.4, 0.5) is 0 Å². The lowest BCUT2D eigenvalue weighted by atomic mass is 10.1. The zero-order valence-corrected chi connectivity index (χ0v) is 15.1. The monoisotopic (exact) mass is 392 g/mol. The Hall–Kier alpha value is -0.860. The van der Waals surface area contributed by atoms with Gasteiger partial charge < -0.3 is 4.74 Å². The van der Waals surface area contributed by atoms with Gasteiger partial charge in [0.15, 0.2) is 0 Å². The fraction of sp³-hybridized carbons (Fsp3) is 0.357. The molecule has 0 saturated carbocycles. The summed E-state index contributed by atoms with van der Waals surface area (Å²) in [7, 11) is -3.48. The van der Waals surface area contributed by atoms with E-state index in [1.807, 2.05) is 0 Å². The molecule has 9 heteroatoms. The number of thiophene rings is 1. The molecule has 3 rings (SSSR count). The summed E-state index contributed by atoms with van der Waals surface area (Å²) in [5.74, 6) is 0.389. The fourth-order valence-corrected chi connectivity index (χ4v) is 5.64. The molecular formula is C14H14Cl2N2O3S2. The number of nitrogens with zero attached hydrogens (tertiary/aromatic N) is 2. The summed E-state index contributed by atoms with van der Waals surface area (Å²) in [5, 5.41) is 0.454. The molecule has 23 heavy (non-hydrogen) atoms. The highest BCUT2D eigenvalue weighted by Crippen LogP contribution is 2.30. The van der Waals surface area contributed by atoms with Crippen molar-refractivity contribution in [3.8, 4) is 5.88 Å². The van der Waals surface area contributed by atoms with Gasteiger partial charge >= 0.3 is 0 Å². The van der Waals surface area contributed by atoms with Gasteiger partial charge in [-0.3, -0.25) is 0 Å². The molecule has 2 aromatic rings. The highest BCUT2D eigenvalue weighted by atomic mass is 35.5. The number of ether oxygens (including phenoxy) is 1. The van der Waals surface area contributed by atoms with Gasteiger partial charge in [-0.05, 0) is 37.1 Å². The number of hydrogen-bond donors (Lipinski definition) is 0. The van der Waals surface area contributed by atoms with Crippen molar-refractivity contribution in [1.29, 1.82) is 0 Å². The van der Waals surface area contributed by atoms with Crippen LogP contribution in [0.5, 0.6) is 5.88 Å². The van der Waals surface area contributed by atoms with Crippen LogP contribution in [0.15, 0.2) is 34.7 Å². The van der Waals surface area contributed by atoms with Gasteiger partial charge in [0.1, 0.15) is 15.3 Å². The number of pyridine rings is 1. The van der Waals surface area contributed by atoms with Gasteiger partial charge in [0.05, 0.1) is 4.34 Å². The van der Waals surface area contributed by atoms with Gasteiger partial charge in [-0.2, -0.15) is 4.31 Å². The van der Waals surface area contributed by atoms with E-state index in [0.29, 0.717) is 41.2 Å². The standard InChI is InChI=1S/C14H14Cl2N2O3S2/c15-11-2-1-7-17-14(11)21-10-5-8-18(9-6-10)23(19,20)13-4-3-12(16)22-13/h1-4,7,10H,5-6,8-9H2. The van der Waals surface area contributed by atoms with Crippen LogP contribution in [0, 0.1) is 0 Å². The Morgan fingerprint density at radius 1 is 1.22 bits per heavy atom. The largest absolute Gasteiger partial charge is 0.473 e.